The first-order valence-electron chi connectivity index (χ1n) is 6.84. The molecule has 2 atom stereocenters. The van der Waals surface area contributed by atoms with E-state index in [1.165, 1.54) is 32.1 Å². The monoisotopic (exact) mass is 229 g/mol. The van der Waals surface area contributed by atoms with Crippen molar-refractivity contribution in [2.75, 3.05) is 13.2 Å². The summed E-state index contributed by atoms with van der Waals surface area (Å²) in [6.45, 7) is 3.79. The Morgan fingerprint density at radius 2 is 2.19 bits per heavy atom. The molecule has 1 rings (SSSR count). The quantitative estimate of drug-likeness (QED) is 0.651. The highest BCUT2D eigenvalue weighted by Gasteiger charge is 2.18. The van der Waals surface area contributed by atoms with Crippen LogP contribution in [0.2, 0.25) is 0 Å². The smallest absolute Gasteiger partial charge is 0.157 e. The summed E-state index contributed by atoms with van der Waals surface area (Å²) in [5.74, 6) is 0. The molecule has 3 nitrogen and oxygen atoms in total. The number of nitrogens with two attached hydrogens (primary N) is 1. The first kappa shape index (κ1) is 13.9. The van der Waals surface area contributed by atoms with Gasteiger partial charge in [0.2, 0.25) is 0 Å². The van der Waals surface area contributed by atoms with E-state index in [0.29, 0.717) is 12.6 Å². The lowest BCUT2D eigenvalue weighted by atomic mass is 10.1. The summed E-state index contributed by atoms with van der Waals surface area (Å²) in [6, 6.07) is 0. The lowest BCUT2D eigenvalue weighted by Crippen LogP contribution is -2.29. The molecule has 0 aliphatic carbocycles. The molecular formula is C13H27NO2. The van der Waals surface area contributed by atoms with Crippen LogP contribution in [0.15, 0.2) is 0 Å². The number of hydrogen-bond donors (Lipinski definition) is 1. The largest absolute Gasteiger partial charge is 0.353 e. The minimum Gasteiger partial charge on any atom is -0.353 e. The summed E-state index contributed by atoms with van der Waals surface area (Å²) >= 11 is 0. The lowest BCUT2D eigenvalue weighted by Gasteiger charge is -2.27. The summed E-state index contributed by atoms with van der Waals surface area (Å²) < 4.78 is 11.6. The van der Waals surface area contributed by atoms with Crippen molar-refractivity contribution in [2.24, 2.45) is 5.73 Å². The molecule has 0 spiro atoms. The Morgan fingerprint density at radius 1 is 1.31 bits per heavy atom. The second kappa shape index (κ2) is 8.97. The van der Waals surface area contributed by atoms with Crippen LogP contribution in [-0.2, 0) is 9.47 Å². The van der Waals surface area contributed by atoms with Crippen LogP contribution in [0.1, 0.15) is 58.3 Å². The first-order valence-corrected chi connectivity index (χ1v) is 6.84. The molecule has 16 heavy (non-hydrogen) atoms. The Morgan fingerprint density at radius 3 is 2.81 bits per heavy atom. The van der Waals surface area contributed by atoms with E-state index >= 15 is 0 Å². The van der Waals surface area contributed by atoms with Gasteiger partial charge < -0.3 is 15.2 Å². The van der Waals surface area contributed by atoms with Gasteiger partial charge in [-0.05, 0) is 38.6 Å². The second-order valence-corrected chi connectivity index (χ2v) is 4.63. The molecule has 0 saturated carbocycles. The van der Waals surface area contributed by atoms with E-state index in [9.17, 15) is 0 Å². The Balaban J connectivity index is 2.19. The zero-order valence-electron chi connectivity index (χ0n) is 10.6. The molecule has 0 aromatic heterocycles. The van der Waals surface area contributed by atoms with Gasteiger partial charge in [0.15, 0.2) is 6.29 Å². The molecule has 96 valence electrons. The van der Waals surface area contributed by atoms with Crippen LogP contribution in [-0.4, -0.2) is 25.5 Å². The van der Waals surface area contributed by atoms with E-state index in [2.05, 4.69) is 6.92 Å². The SMILES string of the molecule is CCCCC[C@H](CCN)OC1CCCCO1. The molecule has 1 aliphatic heterocycles. The van der Waals surface area contributed by atoms with Gasteiger partial charge in [0, 0.05) is 6.61 Å². The predicted octanol–water partition coefficient (Wildman–Crippen LogP) is 2.83. The summed E-state index contributed by atoms with van der Waals surface area (Å²) in [4.78, 5) is 0. The zero-order chi connectivity index (χ0) is 11.6. The van der Waals surface area contributed by atoms with Crippen molar-refractivity contribution in [3.8, 4) is 0 Å². The van der Waals surface area contributed by atoms with Crippen molar-refractivity contribution in [2.45, 2.75) is 70.7 Å². The summed E-state index contributed by atoms with van der Waals surface area (Å²) in [5.41, 5.74) is 5.62. The van der Waals surface area contributed by atoms with Crippen LogP contribution in [0.25, 0.3) is 0 Å². The van der Waals surface area contributed by atoms with E-state index in [1.54, 1.807) is 0 Å². The lowest BCUT2D eigenvalue weighted by molar-refractivity contribution is -0.190. The third-order valence-corrected chi connectivity index (χ3v) is 3.10. The molecule has 0 amide bonds. The van der Waals surface area contributed by atoms with E-state index in [-0.39, 0.29) is 6.29 Å². The minimum atomic E-state index is 0.0342. The van der Waals surface area contributed by atoms with E-state index < -0.39 is 0 Å². The molecule has 1 heterocycles. The Labute approximate surface area is 99.7 Å². The summed E-state index contributed by atoms with van der Waals surface area (Å²) in [6.07, 6.45) is 9.68. The topological polar surface area (TPSA) is 44.5 Å². The molecule has 1 saturated heterocycles. The van der Waals surface area contributed by atoms with E-state index in [1.807, 2.05) is 0 Å². The molecule has 1 fully saturated rings. The number of hydrogen-bond acceptors (Lipinski definition) is 3. The van der Waals surface area contributed by atoms with Gasteiger partial charge in [-0.1, -0.05) is 26.2 Å². The van der Waals surface area contributed by atoms with Gasteiger partial charge in [-0.2, -0.15) is 0 Å². The van der Waals surface area contributed by atoms with Gasteiger partial charge in [0.25, 0.3) is 0 Å². The number of rotatable bonds is 8. The maximum Gasteiger partial charge on any atom is 0.157 e. The maximum atomic E-state index is 5.98. The molecule has 3 heteroatoms. The van der Waals surface area contributed by atoms with Crippen LogP contribution in [0.4, 0.5) is 0 Å². The molecule has 1 unspecified atom stereocenters. The van der Waals surface area contributed by atoms with Crippen molar-refractivity contribution in [1.29, 1.82) is 0 Å². The van der Waals surface area contributed by atoms with Gasteiger partial charge >= 0.3 is 0 Å². The highest BCUT2D eigenvalue weighted by atomic mass is 16.7. The Kier molecular flexibility index (Phi) is 7.81. The Hall–Kier alpha value is -0.120. The second-order valence-electron chi connectivity index (χ2n) is 4.63. The van der Waals surface area contributed by atoms with Crippen LogP contribution >= 0.6 is 0 Å². The van der Waals surface area contributed by atoms with Gasteiger partial charge in [-0.25, -0.2) is 0 Å². The van der Waals surface area contributed by atoms with Crippen LogP contribution in [0.5, 0.6) is 0 Å². The fourth-order valence-corrected chi connectivity index (χ4v) is 2.12. The average Bonchev–Trinajstić information content (AvgIpc) is 2.31. The van der Waals surface area contributed by atoms with E-state index in [4.69, 9.17) is 15.2 Å². The Bertz CT molecular complexity index is 158. The van der Waals surface area contributed by atoms with Crippen LogP contribution in [0.3, 0.4) is 0 Å². The van der Waals surface area contributed by atoms with Crippen molar-refractivity contribution >= 4 is 0 Å². The molecule has 0 bridgehead atoms. The third kappa shape index (κ3) is 5.83. The zero-order valence-corrected chi connectivity index (χ0v) is 10.6. The van der Waals surface area contributed by atoms with Gasteiger partial charge in [-0.15, -0.1) is 0 Å². The van der Waals surface area contributed by atoms with Crippen molar-refractivity contribution in [3.05, 3.63) is 0 Å². The molecule has 0 aromatic carbocycles. The van der Waals surface area contributed by atoms with Crippen LogP contribution < -0.4 is 5.73 Å². The number of ether oxygens (including phenoxy) is 2. The molecular weight excluding hydrogens is 202 g/mol. The van der Waals surface area contributed by atoms with Crippen molar-refractivity contribution in [3.63, 3.8) is 0 Å². The average molecular weight is 229 g/mol. The minimum absolute atomic E-state index is 0.0342. The van der Waals surface area contributed by atoms with Gasteiger partial charge in [0.1, 0.15) is 0 Å². The predicted molar refractivity (Wildman–Crippen MR) is 66.3 cm³/mol. The van der Waals surface area contributed by atoms with Gasteiger partial charge in [-0.3, -0.25) is 0 Å². The van der Waals surface area contributed by atoms with Crippen molar-refractivity contribution in [1.82, 2.24) is 0 Å². The maximum absolute atomic E-state index is 5.98. The van der Waals surface area contributed by atoms with Gasteiger partial charge in [0.05, 0.1) is 6.10 Å². The third-order valence-electron chi connectivity index (χ3n) is 3.10. The standard InChI is InChI=1S/C13H27NO2/c1-2-3-4-7-12(9-10-14)16-13-8-5-6-11-15-13/h12-13H,2-11,14H2,1H3/t12-,13?/m1/s1. The molecule has 1 aliphatic rings. The summed E-state index contributed by atoms with van der Waals surface area (Å²) in [5, 5.41) is 0. The van der Waals surface area contributed by atoms with Crippen molar-refractivity contribution < 1.29 is 9.47 Å². The molecule has 0 radical (unpaired) electrons. The molecule has 2 N–H and O–H groups in total. The first-order chi connectivity index (χ1) is 7.86. The fourth-order valence-electron chi connectivity index (χ4n) is 2.12. The summed E-state index contributed by atoms with van der Waals surface area (Å²) in [7, 11) is 0. The highest BCUT2D eigenvalue weighted by Crippen LogP contribution is 2.19. The normalized spacial score (nSPS) is 23.2. The molecule has 0 aromatic rings. The fraction of sp³-hybridized carbons (Fsp3) is 1.00. The van der Waals surface area contributed by atoms with Crippen LogP contribution in [0, 0.1) is 0 Å². The highest BCUT2D eigenvalue weighted by molar-refractivity contribution is 4.63. The number of unbranched alkanes of at least 4 members (excludes halogenated alkanes) is 2. The van der Waals surface area contributed by atoms with E-state index in [0.717, 1.165) is 25.9 Å².